The summed E-state index contributed by atoms with van der Waals surface area (Å²) in [4.78, 5) is 4.08. The molecule has 20 heavy (non-hydrogen) atoms. The molecule has 0 aliphatic carbocycles. The molecule has 1 heterocycles. The van der Waals surface area contributed by atoms with Gasteiger partial charge in [0.2, 0.25) is 0 Å². The molecule has 1 aromatic carbocycles. The van der Waals surface area contributed by atoms with Crippen molar-refractivity contribution < 1.29 is 4.39 Å². The number of hydrogen-bond acceptors (Lipinski definition) is 2. The van der Waals surface area contributed by atoms with Crippen molar-refractivity contribution in [1.29, 1.82) is 0 Å². The quantitative estimate of drug-likeness (QED) is 0.908. The minimum absolute atomic E-state index is 0.129. The van der Waals surface area contributed by atoms with E-state index in [-0.39, 0.29) is 11.2 Å². The van der Waals surface area contributed by atoms with Gasteiger partial charge in [-0.2, -0.15) is 0 Å². The highest BCUT2D eigenvalue weighted by Crippen LogP contribution is 2.21. The molecule has 2 rings (SSSR count). The van der Waals surface area contributed by atoms with E-state index in [4.69, 9.17) is 0 Å². The topological polar surface area (TPSA) is 29.9 Å². The molecule has 0 aliphatic rings. The van der Waals surface area contributed by atoms with Crippen molar-refractivity contribution in [2.45, 2.75) is 39.9 Å². The number of rotatable bonds is 5. The van der Waals surface area contributed by atoms with Gasteiger partial charge in [-0.25, -0.2) is 9.37 Å². The zero-order valence-corrected chi connectivity index (χ0v) is 12.3. The van der Waals surface area contributed by atoms with Gasteiger partial charge in [0.05, 0.1) is 6.33 Å². The molecule has 2 aromatic rings. The van der Waals surface area contributed by atoms with Crippen LogP contribution < -0.4 is 5.32 Å². The third-order valence-corrected chi connectivity index (χ3v) is 3.46. The van der Waals surface area contributed by atoms with E-state index in [0.717, 1.165) is 18.7 Å². The van der Waals surface area contributed by atoms with Crippen LogP contribution in [0, 0.1) is 11.2 Å². The van der Waals surface area contributed by atoms with E-state index < -0.39 is 0 Å². The molecule has 1 atom stereocenters. The lowest BCUT2D eigenvalue weighted by atomic mass is 9.86. The number of halogens is 1. The van der Waals surface area contributed by atoms with Gasteiger partial charge in [0.1, 0.15) is 5.82 Å². The molecule has 1 N–H and O–H groups in total. The maximum absolute atomic E-state index is 12.9. The molecular weight excluding hydrogens is 253 g/mol. The van der Waals surface area contributed by atoms with Gasteiger partial charge in [-0.15, -0.1) is 0 Å². The highest BCUT2D eigenvalue weighted by molar-refractivity contribution is 5.15. The van der Waals surface area contributed by atoms with E-state index in [1.807, 2.05) is 24.7 Å². The van der Waals surface area contributed by atoms with Gasteiger partial charge in [0.15, 0.2) is 0 Å². The van der Waals surface area contributed by atoms with Crippen LogP contribution in [0.4, 0.5) is 4.39 Å². The fourth-order valence-corrected chi connectivity index (χ4v) is 2.09. The van der Waals surface area contributed by atoms with Gasteiger partial charge >= 0.3 is 0 Å². The Kier molecular flexibility index (Phi) is 4.55. The van der Waals surface area contributed by atoms with Crippen molar-refractivity contribution in [2.75, 3.05) is 0 Å². The van der Waals surface area contributed by atoms with Crippen molar-refractivity contribution in [2.24, 2.45) is 5.41 Å². The third kappa shape index (κ3) is 4.17. The summed E-state index contributed by atoms with van der Waals surface area (Å²) in [7, 11) is 0. The first-order valence-corrected chi connectivity index (χ1v) is 6.89. The summed E-state index contributed by atoms with van der Waals surface area (Å²) in [5.74, 6) is -0.195. The molecule has 0 saturated carbocycles. The highest BCUT2D eigenvalue weighted by atomic mass is 19.1. The van der Waals surface area contributed by atoms with Crippen LogP contribution >= 0.6 is 0 Å². The fraction of sp³-hybridized carbons (Fsp3) is 0.438. The van der Waals surface area contributed by atoms with E-state index in [1.165, 1.54) is 12.1 Å². The van der Waals surface area contributed by atoms with Crippen LogP contribution in [-0.2, 0) is 13.1 Å². The van der Waals surface area contributed by atoms with Gasteiger partial charge in [-0.1, -0.05) is 32.9 Å². The van der Waals surface area contributed by atoms with E-state index in [1.54, 1.807) is 6.20 Å². The van der Waals surface area contributed by atoms with Gasteiger partial charge < -0.3 is 9.88 Å². The number of nitrogens with zero attached hydrogens (tertiary/aromatic N) is 2. The number of imidazole rings is 1. The standard InChI is InChI=1S/C16H22FN3/c1-16(2,3)15(11-20-9-8-18-12-20)19-10-13-4-6-14(17)7-5-13/h4-9,12,15,19H,10-11H2,1-3H3. The van der Waals surface area contributed by atoms with Crippen molar-refractivity contribution in [3.05, 3.63) is 54.4 Å². The first-order valence-electron chi connectivity index (χ1n) is 6.89. The summed E-state index contributed by atoms with van der Waals surface area (Å²) in [6, 6.07) is 6.94. The van der Waals surface area contributed by atoms with Crippen molar-refractivity contribution in [1.82, 2.24) is 14.9 Å². The Labute approximate surface area is 119 Å². The Morgan fingerprint density at radius 3 is 2.50 bits per heavy atom. The van der Waals surface area contributed by atoms with Gasteiger partial charge in [0, 0.05) is 31.5 Å². The first kappa shape index (κ1) is 14.7. The molecule has 3 nitrogen and oxygen atoms in total. The minimum atomic E-state index is -0.195. The average molecular weight is 275 g/mol. The third-order valence-electron chi connectivity index (χ3n) is 3.46. The lowest BCUT2D eigenvalue weighted by molar-refractivity contribution is 0.240. The molecule has 0 spiro atoms. The van der Waals surface area contributed by atoms with Gasteiger partial charge in [-0.05, 0) is 23.1 Å². The predicted molar refractivity (Wildman–Crippen MR) is 78.7 cm³/mol. The van der Waals surface area contributed by atoms with Crippen LogP contribution in [0.3, 0.4) is 0 Å². The summed E-state index contributed by atoms with van der Waals surface area (Å²) >= 11 is 0. The lowest BCUT2D eigenvalue weighted by Crippen LogP contribution is -2.42. The molecule has 1 aromatic heterocycles. The van der Waals surface area contributed by atoms with Crippen molar-refractivity contribution in [3.8, 4) is 0 Å². The molecule has 1 unspecified atom stereocenters. The molecular formula is C16H22FN3. The van der Waals surface area contributed by atoms with E-state index in [9.17, 15) is 4.39 Å². The molecule has 0 saturated heterocycles. The second-order valence-corrected chi connectivity index (χ2v) is 6.19. The molecule has 0 fully saturated rings. The number of aromatic nitrogens is 2. The molecule has 0 bridgehead atoms. The van der Waals surface area contributed by atoms with Gasteiger partial charge in [0.25, 0.3) is 0 Å². The zero-order chi connectivity index (χ0) is 14.6. The molecule has 4 heteroatoms. The van der Waals surface area contributed by atoms with E-state index in [2.05, 4.69) is 35.6 Å². The number of benzene rings is 1. The van der Waals surface area contributed by atoms with Gasteiger partial charge in [-0.3, -0.25) is 0 Å². The predicted octanol–water partition coefficient (Wildman–Crippen LogP) is 3.23. The lowest BCUT2D eigenvalue weighted by Gasteiger charge is -2.32. The van der Waals surface area contributed by atoms with Crippen LogP contribution in [0.25, 0.3) is 0 Å². The van der Waals surface area contributed by atoms with Crippen LogP contribution in [-0.4, -0.2) is 15.6 Å². The highest BCUT2D eigenvalue weighted by Gasteiger charge is 2.24. The summed E-state index contributed by atoms with van der Waals surface area (Å²) in [6.45, 7) is 8.24. The average Bonchev–Trinajstić information content (AvgIpc) is 2.88. The molecule has 108 valence electrons. The Balaban J connectivity index is 1.99. The maximum atomic E-state index is 12.9. The maximum Gasteiger partial charge on any atom is 0.123 e. The summed E-state index contributed by atoms with van der Waals surface area (Å²) in [5, 5.41) is 3.56. The summed E-state index contributed by atoms with van der Waals surface area (Å²) in [6.07, 6.45) is 5.59. The van der Waals surface area contributed by atoms with Crippen molar-refractivity contribution in [3.63, 3.8) is 0 Å². The fourth-order valence-electron chi connectivity index (χ4n) is 2.09. The van der Waals surface area contributed by atoms with Crippen molar-refractivity contribution >= 4 is 0 Å². The van der Waals surface area contributed by atoms with Crippen LogP contribution in [0.15, 0.2) is 43.0 Å². The normalized spacial score (nSPS) is 13.4. The molecule has 0 aliphatic heterocycles. The Morgan fingerprint density at radius 1 is 1.25 bits per heavy atom. The second-order valence-electron chi connectivity index (χ2n) is 6.19. The Morgan fingerprint density at radius 2 is 1.95 bits per heavy atom. The number of hydrogen-bond donors (Lipinski definition) is 1. The summed E-state index contributed by atoms with van der Waals surface area (Å²) < 4.78 is 15.0. The van der Waals surface area contributed by atoms with Crippen LogP contribution in [0.2, 0.25) is 0 Å². The summed E-state index contributed by atoms with van der Waals surface area (Å²) in [5.41, 5.74) is 1.22. The monoisotopic (exact) mass is 275 g/mol. The minimum Gasteiger partial charge on any atom is -0.336 e. The largest absolute Gasteiger partial charge is 0.336 e. The first-order chi connectivity index (χ1) is 9.45. The van der Waals surface area contributed by atoms with Crippen LogP contribution in [0.5, 0.6) is 0 Å². The van der Waals surface area contributed by atoms with Crippen LogP contribution in [0.1, 0.15) is 26.3 Å². The number of nitrogens with one attached hydrogen (secondary N) is 1. The van der Waals surface area contributed by atoms with E-state index >= 15 is 0 Å². The Hall–Kier alpha value is -1.68. The second kappa shape index (κ2) is 6.18. The smallest absolute Gasteiger partial charge is 0.123 e. The SMILES string of the molecule is CC(C)(C)C(Cn1ccnc1)NCc1ccc(F)cc1. The van der Waals surface area contributed by atoms with E-state index in [0.29, 0.717) is 6.04 Å². The molecule has 0 radical (unpaired) electrons. The zero-order valence-electron chi connectivity index (χ0n) is 12.3. The molecule has 0 amide bonds. The Bertz CT molecular complexity index is 512.